The lowest BCUT2D eigenvalue weighted by Crippen LogP contribution is -2.36. The van der Waals surface area contributed by atoms with Gasteiger partial charge in [0.2, 0.25) is 10.0 Å². The van der Waals surface area contributed by atoms with Crippen molar-refractivity contribution >= 4 is 38.7 Å². The molecule has 2 aromatic carbocycles. The number of methoxy groups -OCH3 is 1. The van der Waals surface area contributed by atoms with E-state index in [9.17, 15) is 13.2 Å². The van der Waals surface area contributed by atoms with Gasteiger partial charge in [-0.05, 0) is 47.7 Å². The van der Waals surface area contributed by atoms with Crippen LogP contribution in [0.2, 0.25) is 0 Å². The predicted molar refractivity (Wildman–Crippen MR) is 168 cm³/mol. The summed E-state index contributed by atoms with van der Waals surface area (Å²) in [7, 11) is -0.172. The third-order valence-electron chi connectivity index (χ3n) is 6.94. The van der Waals surface area contributed by atoms with Gasteiger partial charge in [-0.2, -0.15) is 0 Å². The number of hydrazine groups is 2. The number of ether oxygens (including phenoxy) is 1. The Labute approximate surface area is 248 Å². The molecule has 0 spiro atoms. The number of carbonyl (C=O) groups excluding carboxylic acids is 1. The molecule has 0 atom stereocenters. The van der Waals surface area contributed by atoms with Crippen LogP contribution in [0.4, 0.5) is 17.1 Å². The lowest BCUT2D eigenvalue weighted by atomic mass is 9.86. The number of benzene rings is 2. The van der Waals surface area contributed by atoms with Gasteiger partial charge in [0.15, 0.2) is 5.75 Å². The third-order valence-corrected chi connectivity index (χ3v) is 7.53. The summed E-state index contributed by atoms with van der Waals surface area (Å²) in [5.74, 6) is 0.816. The average molecular weight is 596 g/mol. The van der Waals surface area contributed by atoms with Crippen LogP contribution in [-0.4, -0.2) is 37.2 Å². The Hall–Kier alpha value is -4.03. The maximum absolute atomic E-state index is 13.6. The highest BCUT2D eigenvalue weighted by atomic mass is 32.2. The van der Waals surface area contributed by atoms with Gasteiger partial charge >= 0.3 is 0 Å². The van der Waals surface area contributed by atoms with Gasteiger partial charge in [0, 0.05) is 18.0 Å². The molecule has 0 saturated carbocycles. The number of nitrogens with one attached hydrogen (secondary N) is 4. The van der Waals surface area contributed by atoms with E-state index in [2.05, 4.69) is 51.3 Å². The summed E-state index contributed by atoms with van der Waals surface area (Å²) < 4.78 is 34.3. The molecular weight excluding hydrogens is 554 g/mol. The molecule has 1 aliphatic rings. The molecule has 0 radical (unpaired) electrons. The molecule has 0 bridgehead atoms. The van der Waals surface area contributed by atoms with Crippen molar-refractivity contribution in [3.8, 4) is 5.75 Å². The van der Waals surface area contributed by atoms with E-state index in [0.29, 0.717) is 11.3 Å². The number of carbonyl (C=O) groups is 1. The lowest BCUT2D eigenvalue weighted by molar-refractivity contribution is 0.102. The minimum atomic E-state index is -3.59. The van der Waals surface area contributed by atoms with Gasteiger partial charge in [0.1, 0.15) is 5.82 Å². The van der Waals surface area contributed by atoms with Gasteiger partial charge in [0.05, 0.1) is 54.2 Å². The van der Waals surface area contributed by atoms with Crippen molar-refractivity contribution in [1.82, 2.24) is 20.5 Å². The molecule has 3 aromatic rings. The second-order valence-corrected chi connectivity index (χ2v) is 14.4. The number of hydrogen-bond donors (Lipinski definition) is 4. The van der Waals surface area contributed by atoms with E-state index in [1.165, 1.54) is 7.11 Å². The number of sulfonamides is 1. The van der Waals surface area contributed by atoms with Crippen LogP contribution < -0.4 is 30.7 Å². The standard InChI is InChI=1S/C30H41N7O4S/c1-18-11-12-19(13-24(18)37-17-23(33-35-37)25-16-31-28(36(25)8)30(5,6)7)27(38)32-21-14-20(29(2,3)4)15-22(26(21)41-9)34-42(10,39)40/h11-17,33-35H,1-10H3,(H,32,38). The third kappa shape index (κ3) is 6.55. The summed E-state index contributed by atoms with van der Waals surface area (Å²) in [6.45, 7) is 14.3. The summed E-state index contributed by atoms with van der Waals surface area (Å²) in [4.78, 5) is 18.2. The fourth-order valence-electron chi connectivity index (χ4n) is 4.79. The Morgan fingerprint density at radius 3 is 2.26 bits per heavy atom. The van der Waals surface area contributed by atoms with Crippen LogP contribution in [0, 0.1) is 6.92 Å². The summed E-state index contributed by atoms with van der Waals surface area (Å²) in [5, 5.41) is 4.75. The van der Waals surface area contributed by atoms with Crippen molar-refractivity contribution in [1.29, 1.82) is 0 Å². The number of aryl methyl sites for hydroxylation is 1. The Morgan fingerprint density at radius 1 is 1.02 bits per heavy atom. The molecule has 0 unspecified atom stereocenters. The minimum absolute atomic E-state index is 0.103. The minimum Gasteiger partial charge on any atom is -0.492 e. The van der Waals surface area contributed by atoms with E-state index in [-0.39, 0.29) is 28.2 Å². The number of anilines is 3. The molecule has 0 aliphatic carbocycles. The van der Waals surface area contributed by atoms with E-state index in [1.807, 2.05) is 58.2 Å². The molecule has 12 heteroatoms. The van der Waals surface area contributed by atoms with Crippen LogP contribution in [0.5, 0.6) is 5.75 Å². The van der Waals surface area contributed by atoms with Crippen molar-refractivity contribution in [3.05, 3.63) is 70.9 Å². The van der Waals surface area contributed by atoms with E-state index in [4.69, 9.17) is 4.74 Å². The SMILES string of the molecule is COc1c(NC(=O)c2ccc(C)c(N3C=C(c4cnc(C(C)(C)C)n4C)NN3)c2)cc(C(C)(C)C)cc1NS(C)(=O)=O. The first-order valence-corrected chi connectivity index (χ1v) is 15.5. The van der Waals surface area contributed by atoms with E-state index in [0.717, 1.165) is 40.3 Å². The van der Waals surface area contributed by atoms with Crippen LogP contribution in [0.15, 0.2) is 42.7 Å². The number of nitrogens with zero attached hydrogens (tertiary/aromatic N) is 3. The summed E-state index contributed by atoms with van der Waals surface area (Å²) in [6.07, 6.45) is 4.83. The maximum atomic E-state index is 13.6. The second kappa shape index (κ2) is 11.0. The van der Waals surface area contributed by atoms with Gasteiger partial charge in [0.25, 0.3) is 5.91 Å². The number of aromatic nitrogens is 2. The zero-order chi connectivity index (χ0) is 31.2. The Bertz CT molecular complexity index is 1660. The van der Waals surface area contributed by atoms with Crippen LogP contribution in [-0.2, 0) is 27.9 Å². The highest BCUT2D eigenvalue weighted by Gasteiger charge is 2.26. The molecule has 0 saturated heterocycles. The lowest BCUT2D eigenvalue weighted by Gasteiger charge is -2.24. The molecule has 1 aromatic heterocycles. The molecule has 1 aliphatic heterocycles. The molecule has 1 amide bonds. The zero-order valence-electron chi connectivity index (χ0n) is 25.9. The Kier molecular flexibility index (Phi) is 8.09. The normalized spacial score (nSPS) is 14.0. The zero-order valence-corrected chi connectivity index (χ0v) is 26.7. The van der Waals surface area contributed by atoms with Crippen LogP contribution >= 0.6 is 0 Å². The van der Waals surface area contributed by atoms with Gasteiger partial charge in [-0.3, -0.25) is 20.0 Å². The molecule has 11 nitrogen and oxygen atoms in total. The van der Waals surface area contributed by atoms with E-state index in [1.54, 1.807) is 24.3 Å². The molecule has 2 heterocycles. The van der Waals surface area contributed by atoms with Crippen LogP contribution in [0.3, 0.4) is 0 Å². The molecule has 226 valence electrons. The monoisotopic (exact) mass is 595 g/mol. The maximum Gasteiger partial charge on any atom is 0.255 e. The first-order chi connectivity index (χ1) is 19.4. The number of amides is 1. The van der Waals surface area contributed by atoms with Gasteiger partial charge < -0.3 is 14.6 Å². The van der Waals surface area contributed by atoms with Crippen molar-refractivity contribution in [2.75, 3.05) is 28.4 Å². The Balaban J connectivity index is 1.67. The van der Waals surface area contributed by atoms with Crippen molar-refractivity contribution in [2.45, 2.75) is 59.3 Å². The number of hydrogen-bond acceptors (Lipinski definition) is 8. The molecule has 4 N–H and O–H groups in total. The largest absolute Gasteiger partial charge is 0.492 e. The molecular formula is C30H41N7O4S. The molecule has 4 rings (SSSR count). The Morgan fingerprint density at radius 2 is 1.69 bits per heavy atom. The van der Waals surface area contributed by atoms with Crippen molar-refractivity contribution in [2.24, 2.45) is 7.05 Å². The predicted octanol–water partition coefficient (Wildman–Crippen LogP) is 4.78. The summed E-state index contributed by atoms with van der Waals surface area (Å²) >= 11 is 0. The van der Waals surface area contributed by atoms with Crippen LogP contribution in [0.25, 0.3) is 5.70 Å². The number of rotatable bonds is 7. The smallest absolute Gasteiger partial charge is 0.255 e. The molecule has 42 heavy (non-hydrogen) atoms. The topological polar surface area (TPSA) is 130 Å². The summed E-state index contributed by atoms with van der Waals surface area (Å²) in [6, 6.07) is 8.94. The van der Waals surface area contributed by atoms with Crippen molar-refractivity contribution < 1.29 is 17.9 Å². The van der Waals surface area contributed by atoms with E-state index < -0.39 is 10.0 Å². The fourth-order valence-corrected chi connectivity index (χ4v) is 5.34. The van der Waals surface area contributed by atoms with Gasteiger partial charge in [-0.1, -0.05) is 47.6 Å². The first-order valence-electron chi connectivity index (χ1n) is 13.6. The molecule has 0 fully saturated rings. The van der Waals surface area contributed by atoms with Gasteiger partial charge in [-0.25, -0.2) is 13.4 Å². The summed E-state index contributed by atoms with van der Waals surface area (Å²) in [5.41, 5.74) is 11.3. The average Bonchev–Trinajstić information content (AvgIpc) is 3.49. The second-order valence-electron chi connectivity index (χ2n) is 12.6. The highest BCUT2D eigenvalue weighted by molar-refractivity contribution is 7.92. The van der Waals surface area contributed by atoms with Crippen molar-refractivity contribution in [3.63, 3.8) is 0 Å². The first kappa shape index (κ1) is 30.9. The van der Waals surface area contributed by atoms with Gasteiger partial charge in [-0.15, -0.1) is 5.53 Å². The quantitative estimate of drug-likeness (QED) is 0.307. The number of imidazole rings is 1. The highest BCUT2D eigenvalue weighted by Crippen LogP contribution is 2.39. The van der Waals surface area contributed by atoms with E-state index >= 15 is 0 Å². The fraction of sp³-hybridized carbons (Fsp3) is 0.400. The van der Waals surface area contributed by atoms with Crippen LogP contribution in [0.1, 0.15) is 74.5 Å².